The van der Waals surface area contributed by atoms with Crippen LogP contribution in [0.5, 0.6) is 0 Å². The normalized spacial score (nSPS) is 16.5. The summed E-state index contributed by atoms with van der Waals surface area (Å²) in [5, 5.41) is 11.9. The van der Waals surface area contributed by atoms with Crippen LogP contribution in [0.1, 0.15) is 116 Å². The van der Waals surface area contributed by atoms with Gasteiger partial charge in [-0.15, -0.1) is 0 Å². The molecule has 0 aliphatic carbocycles. The minimum absolute atomic E-state index is 0.0371. The van der Waals surface area contributed by atoms with Crippen molar-refractivity contribution in [3.8, 4) is 0 Å². The second-order valence-corrected chi connectivity index (χ2v) is 7.92. The lowest BCUT2D eigenvalue weighted by atomic mass is 10.0. The molecule has 1 unspecified atom stereocenters. The Bertz CT molecular complexity index is 382. The minimum atomic E-state index is -0.802. The number of nitrogens with zero attached hydrogens (tertiary/aromatic N) is 1. The summed E-state index contributed by atoms with van der Waals surface area (Å²) < 4.78 is 0. The predicted molar refractivity (Wildman–Crippen MR) is 111 cm³/mol. The molecule has 0 spiro atoms. The predicted octanol–water partition coefficient (Wildman–Crippen LogP) is 6.09. The van der Waals surface area contributed by atoms with Crippen molar-refractivity contribution in [1.82, 2.24) is 5.32 Å². The first-order valence-electron chi connectivity index (χ1n) is 11.2. The molecular weight excluding hydrogens is 324 g/mol. The third kappa shape index (κ3) is 13.2. The van der Waals surface area contributed by atoms with Gasteiger partial charge in [0.2, 0.25) is 0 Å². The number of aliphatic imine (C=N–C) groups is 1. The van der Waals surface area contributed by atoms with E-state index in [1.54, 1.807) is 0 Å². The first kappa shape index (κ1) is 23.0. The molecule has 152 valence electrons. The maximum absolute atomic E-state index is 10.6. The Morgan fingerprint density at radius 1 is 0.885 bits per heavy atom. The van der Waals surface area contributed by atoms with E-state index in [-0.39, 0.29) is 6.42 Å². The Balaban J connectivity index is 1.77. The summed E-state index contributed by atoms with van der Waals surface area (Å²) in [6, 6.07) is 0.298. The van der Waals surface area contributed by atoms with E-state index in [1.165, 1.54) is 96.3 Å². The Labute approximate surface area is 161 Å². The van der Waals surface area contributed by atoms with Crippen LogP contribution in [0.25, 0.3) is 0 Å². The highest BCUT2D eigenvalue weighted by atomic mass is 16.4. The molecule has 0 bridgehead atoms. The molecule has 4 heteroatoms. The van der Waals surface area contributed by atoms with Gasteiger partial charge in [-0.25, -0.2) is 0 Å². The van der Waals surface area contributed by atoms with Crippen LogP contribution < -0.4 is 5.32 Å². The summed E-state index contributed by atoms with van der Waals surface area (Å²) in [4.78, 5) is 15.1. The zero-order chi connectivity index (χ0) is 18.9. The fourth-order valence-electron chi connectivity index (χ4n) is 3.72. The molecule has 1 aliphatic heterocycles. The van der Waals surface area contributed by atoms with Gasteiger partial charge in [0.05, 0.1) is 6.04 Å². The number of unbranched alkanes of at least 4 members (excludes halogenated alkanes) is 14. The van der Waals surface area contributed by atoms with Crippen LogP contribution in [0.2, 0.25) is 0 Å². The number of hydrogen-bond donors (Lipinski definition) is 2. The third-order valence-corrected chi connectivity index (χ3v) is 5.34. The molecule has 0 saturated carbocycles. The van der Waals surface area contributed by atoms with E-state index >= 15 is 0 Å². The first-order chi connectivity index (χ1) is 12.7. The SMILES string of the molecule is CCCCCCCCCCCCCCCCCC1CNC(CC(=O)O)=N1. The molecule has 1 rings (SSSR count). The van der Waals surface area contributed by atoms with Gasteiger partial charge < -0.3 is 10.4 Å². The second kappa shape index (κ2) is 16.1. The van der Waals surface area contributed by atoms with Gasteiger partial charge in [-0.3, -0.25) is 9.79 Å². The van der Waals surface area contributed by atoms with Crippen LogP contribution in [-0.4, -0.2) is 29.5 Å². The lowest BCUT2D eigenvalue weighted by molar-refractivity contribution is -0.135. The summed E-state index contributed by atoms with van der Waals surface area (Å²) in [7, 11) is 0. The van der Waals surface area contributed by atoms with Gasteiger partial charge in [0.25, 0.3) is 0 Å². The Morgan fingerprint density at radius 3 is 1.81 bits per heavy atom. The summed E-state index contributed by atoms with van der Waals surface area (Å²) >= 11 is 0. The zero-order valence-corrected chi connectivity index (χ0v) is 17.1. The number of carbonyl (C=O) groups is 1. The van der Waals surface area contributed by atoms with E-state index in [9.17, 15) is 4.79 Å². The number of amidine groups is 1. The van der Waals surface area contributed by atoms with E-state index in [1.807, 2.05) is 0 Å². The lowest BCUT2D eigenvalue weighted by Crippen LogP contribution is -2.23. The molecule has 0 radical (unpaired) electrons. The zero-order valence-electron chi connectivity index (χ0n) is 17.1. The average molecular weight is 367 g/mol. The maximum atomic E-state index is 10.6. The quantitative estimate of drug-likeness (QED) is 0.288. The number of hydrogen-bond acceptors (Lipinski definition) is 3. The highest BCUT2D eigenvalue weighted by Gasteiger charge is 2.17. The molecule has 1 aliphatic rings. The van der Waals surface area contributed by atoms with E-state index in [0.717, 1.165) is 13.0 Å². The molecule has 0 aromatic heterocycles. The van der Waals surface area contributed by atoms with Gasteiger partial charge in [0.1, 0.15) is 12.3 Å². The Kier molecular flexibility index (Phi) is 14.3. The summed E-state index contributed by atoms with van der Waals surface area (Å²) in [5.74, 6) is -0.146. The van der Waals surface area contributed by atoms with Crippen LogP contribution >= 0.6 is 0 Å². The number of carboxylic acids is 1. The molecule has 1 heterocycles. The fourth-order valence-corrected chi connectivity index (χ4v) is 3.72. The first-order valence-corrected chi connectivity index (χ1v) is 11.2. The Hall–Kier alpha value is -1.06. The molecule has 4 nitrogen and oxygen atoms in total. The van der Waals surface area contributed by atoms with Crippen molar-refractivity contribution < 1.29 is 9.90 Å². The number of nitrogens with one attached hydrogen (secondary N) is 1. The smallest absolute Gasteiger partial charge is 0.310 e. The van der Waals surface area contributed by atoms with Crippen LogP contribution in [0.4, 0.5) is 0 Å². The Morgan fingerprint density at radius 2 is 1.35 bits per heavy atom. The number of carboxylic acid groups (broad SMARTS) is 1. The monoisotopic (exact) mass is 366 g/mol. The lowest BCUT2D eigenvalue weighted by Gasteiger charge is -2.06. The van der Waals surface area contributed by atoms with Gasteiger partial charge in [-0.1, -0.05) is 103 Å². The van der Waals surface area contributed by atoms with Crippen molar-refractivity contribution >= 4 is 11.8 Å². The molecular formula is C22H42N2O2. The third-order valence-electron chi connectivity index (χ3n) is 5.34. The summed E-state index contributed by atoms with van der Waals surface area (Å²) in [5.41, 5.74) is 0. The highest BCUT2D eigenvalue weighted by molar-refractivity contribution is 5.97. The fraction of sp³-hybridized carbons (Fsp3) is 0.909. The van der Waals surface area contributed by atoms with Crippen molar-refractivity contribution in [3.05, 3.63) is 0 Å². The van der Waals surface area contributed by atoms with Crippen LogP contribution in [0.15, 0.2) is 4.99 Å². The maximum Gasteiger partial charge on any atom is 0.310 e. The molecule has 0 amide bonds. The number of aliphatic carboxylic acids is 1. The minimum Gasteiger partial charge on any atom is -0.481 e. The molecule has 0 saturated heterocycles. The summed E-state index contributed by atoms with van der Waals surface area (Å²) in [6.45, 7) is 3.10. The molecule has 0 aromatic carbocycles. The second-order valence-electron chi connectivity index (χ2n) is 7.92. The molecule has 26 heavy (non-hydrogen) atoms. The topological polar surface area (TPSA) is 61.7 Å². The molecule has 0 aromatic rings. The molecule has 2 N–H and O–H groups in total. The van der Waals surface area contributed by atoms with E-state index < -0.39 is 5.97 Å². The largest absolute Gasteiger partial charge is 0.481 e. The average Bonchev–Trinajstić information content (AvgIpc) is 3.05. The van der Waals surface area contributed by atoms with Gasteiger partial charge in [-0.05, 0) is 6.42 Å². The van der Waals surface area contributed by atoms with Crippen molar-refractivity contribution in [3.63, 3.8) is 0 Å². The van der Waals surface area contributed by atoms with Crippen LogP contribution in [-0.2, 0) is 4.79 Å². The molecule has 0 fully saturated rings. The van der Waals surface area contributed by atoms with Crippen molar-refractivity contribution in [1.29, 1.82) is 0 Å². The van der Waals surface area contributed by atoms with Gasteiger partial charge in [0, 0.05) is 6.54 Å². The summed E-state index contributed by atoms with van der Waals surface area (Å²) in [6.07, 6.45) is 21.9. The standard InChI is InChI=1S/C22H42N2O2/c1-2-3-4-5-6-7-8-9-10-11-12-13-14-15-16-17-20-19-23-21(24-20)18-22(25)26/h20H,2-19H2,1H3,(H,23,24)(H,25,26). The van der Waals surface area contributed by atoms with E-state index in [0.29, 0.717) is 11.9 Å². The van der Waals surface area contributed by atoms with E-state index in [2.05, 4.69) is 17.2 Å². The van der Waals surface area contributed by atoms with Gasteiger partial charge >= 0.3 is 5.97 Å². The van der Waals surface area contributed by atoms with E-state index in [4.69, 9.17) is 5.11 Å². The van der Waals surface area contributed by atoms with Crippen LogP contribution in [0, 0.1) is 0 Å². The van der Waals surface area contributed by atoms with Crippen molar-refractivity contribution in [2.75, 3.05) is 6.54 Å². The van der Waals surface area contributed by atoms with Gasteiger partial charge in [-0.2, -0.15) is 0 Å². The van der Waals surface area contributed by atoms with Crippen LogP contribution in [0.3, 0.4) is 0 Å². The molecule has 1 atom stereocenters. The van der Waals surface area contributed by atoms with Crippen molar-refractivity contribution in [2.24, 2.45) is 4.99 Å². The number of rotatable bonds is 18. The highest BCUT2D eigenvalue weighted by Crippen LogP contribution is 2.15. The van der Waals surface area contributed by atoms with Gasteiger partial charge in [0.15, 0.2) is 0 Å². The van der Waals surface area contributed by atoms with Crippen molar-refractivity contribution in [2.45, 2.75) is 122 Å².